The van der Waals surface area contributed by atoms with Crippen LogP contribution in [0.4, 0.5) is 8.78 Å². The van der Waals surface area contributed by atoms with Crippen LogP contribution < -0.4 is 5.32 Å². The number of hydrogen-bond donors (Lipinski definition) is 1. The second-order valence-electron chi connectivity index (χ2n) is 7.54. The number of rotatable bonds is 4. The maximum Gasteiger partial charge on any atom is 0.280 e. The minimum atomic E-state index is -2.73. The van der Waals surface area contributed by atoms with Crippen LogP contribution in [-0.2, 0) is 0 Å². The summed E-state index contributed by atoms with van der Waals surface area (Å²) in [6.07, 6.45) is 6.28. The molecule has 7 heteroatoms. The summed E-state index contributed by atoms with van der Waals surface area (Å²) in [4.78, 5) is 17.4. The number of amides is 1. The van der Waals surface area contributed by atoms with E-state index < -0.39 is 6.43 Å². The molecular weight excluding hydrogens is 374 g/mol. The first-order valence-electron chi connectivity index (χ1n) is 10.2. The van der Waals surface area contributed by atoms with Crippen molar-refractivity contribution in [3.63, 3.8) is 0 Å². The predicted molar refractivity (Wildman–Crippen MR) is 107 cm³/mol. The third kappa shape index (κ3) is 4.28. The normalized spacial score (nSPS) is 16.0. The summed E-state index contributed by atoms with van der Waals surface area (Å²) in [5, 5.41) is 7.10. The van der Waals surface area contributed by atoms with Crippen LogP contribution in [-0.4, -0.2) is 26.5 Å². The van der Waals surface area contributed by atoms with Gasteiger partial charge in [-0.1, -0.05) is 62.4 Å². The van der Waals surface area contributed by atoms with Gasteiger partial charge < -0.3 is 5.32 Å². The van der Waals surface area contributed by atoms with Crippen LogP contribution in [0, 0.1) is 0 Å². The minimum Gasteiger partial charge on any atom is -0.349 e. The fraction of sp³-hybridized carbons (Fsp3) is 0.409. The van der Waals surface area contributed by atoms with Crippen molar-refractivity contribution in [2.75, 3.05) is 0 Å². The molecule has 1 aromatic carbocycles. The number of benzene rings is 1. The highest BCUT2D eigenvalue weighted by atomic mass is 19.3. The van der Waals surface area contributed by atoms with Gasteiger partial charge in [0.2, 0.25) is 0 Å². The maximum absolute atomic E-state index is 13.7. The molecule has 0 bridgehead atoms. The molecule has 1 saturated carbocycles. The van der Waals surface area contributed by atoms with E-state index in [0.29, 0.717) is 11.3 Å². The molecule has 0 atom stereocenters. The molecule has 3 aromatic rings. The summed E-state index contributed by atoms with van der Waals surface area (Å²) in [5.41, 5.74) is 1.22. The molecule has 1 N–H and O–H groups in total. The number of aromatic nitrogens is 3. The van der Waals surface area contributed by atoms with E-state index in [9.17, 15) is 13.6 Å². The third-order valence-electron chi connectivity index (χ3n) is 5.48. The summed E-state index contributed by atoms with van der Waals surface area (Å²) in [6.45, 7) is 0. The number of fused-ring (bicyclic) bond motifs is 1. The van der Waals surface area contributed by atoms with Gasteiger partial charge in [0.05, 0.1) is 11.9 Å². The molecule has 152 valence electrons. The van der Waals surface area contributed by atoms with E-state index in [1.54, 1.807) is 12.1 Å². The number of hydrogen-bond acceptors (Lipinski definition) is 3. The topological polar surface area (TPSA) is 59.3 Å². The van der Waals surface area contributed by atoms with Gasteiger partial charge in [0.25, 0.3) is 12.3 Å². The number of carbonyl (C=O) groups is 1. The van der Waals surface area contributed by atoms with Gasteiger partial charge in [-0.3, -0.25) is 4.79 Å². The Kier molecular flexibility index (Phi) is 5.83. The Hall–Kier alpha value is -2.83. The first-order chi connectivity index (χ1) is 14.1. The maximum atomic E-state index is 13.7. The number of nitrogens with one attached hydrogen (secondary N) is 1. The molecule has 0 radical (unpaired) electrons. The molecule has 4 rings (SSSR count). The van der Waals surface area contributed by atoms with Crippen molar-refractivity contribution < 1.29 is 13.6 Å². The Morgan fingerprint density at radius 3 is 2.45 bits per heavy atom. The van der Waals surface area contributed by atoms with Gasteiger partial charge in [0, 0.05) is 11.6 Å². The smallest absolute Gasteiger partial charge is 0.280 e. The van der Waals surface area contributed by atoms with E-state index in [-0.39, 0.29) is 28.9 Å². The van der Waals surface area contributed by atoms with E-state index in [1.165, 1.54) is 31.5 Å². The van der Waals surface area contributed by atoms with Gasteiger partial charge in [-0.2, -0.15) is 5.10 Å². The molecule has 5 nitrogen and oxygen atoms in total. The number of carbonyl (C=O) groups excluding carboxylic acids is 1. The minimum absolute atomic E-state index is 0.102. The Labute approximate surface area is 168 Å². The van der Waals surface area contributed by atoms with Gasteiger partial charge in [-0.15, -0.1) is 0 Å². The van der Waals surface area contributed by atoms with Crippen molar-refractivity contribution in [2.24, 2.45) is 0 Å². The van der Waals surface area contributed by atoms with E-state index in [2.05, 4.69) is 15.4 Å². The van der Waals surface area contributed by atoms with Crippen molar-refractivity contribution in [2.45, 2.75) is 57.4 Å². The number of nitrogens with zero attached hydrogens (tertiary/aromatic N) is 3. The summed E-state index contributed by atoms with van der Waals surface area (Å²) in [7, 11) is 0. The zero-order valence-electron chi connectivity index (χ0n) is 16.2. The van der Waals surface area contributed by atoms with Crippen LogP contribution >= 0.6 is 0 Å². The average molecular weight is 398 g/mol. The van der Waals surface area contributed by atoms with Crippen LogP contribution in [0.5, 0.6) is 0 Å². The van der Waals surface area contributed by atoms with E-state index in [0.717, 1.165) is 30.2 Å². The Morgan fingerprint density at radius 1 is 1.07 bits per heavy atom. The largest absolute Gasteiger partial charge is 0.349 e. The highest BCUT2D eigenvalue weighted by Gasteiger charge is 2.23. The highest BCUT2D eigenvalue weighted by molar-refractivity contribution is 6.00. The van der Waals surface area contributed by atoms with Crippen molar-refractivity contribution in [3.8, 4) is 11.3 Å². The van der Waals surface area contributed by atoms with E-state index >= 15 is 0 Å². The van der Waals surface area contributed by atoms with Crippen molar-refractivity contribution in [1.29, 1.82) is 0 Å². The van der Waals surface area contributed by atoms with E-state index in [1.807, 2.05) is 18.2 Å². The van der Waals surface area contributed by atoms with Crippen LogP contribution in [0.2, 0.25) is 0 Å². The predicted octanol–water partition coefficient (Wildman–Crippen LogP) is 5.18. The number of halogens is 2. The van der Waals surface area contributed by atoms with Crippen LogP contribution in [0.15, 0.2) is 42.6 Å². The molecule has 29 heavy (non-hydrogen) atoms. The lowest BCUT2D eigenvalue weighted by molar-refractivity contribution is 0.0931. The molecule has 2 heterocycles. The second kappa shape index (κ2) is 8.68. The van der Waals surface area contributed by atoms with Gasteiger partial charge in [0.1, 0.15) is 11.3 Å². The highest BCUT2D eigenvalue weighted by Crippen LogP contribution is 2.27. The molecular formula is C22H24F2N4O. The SMILES string of the molecule is O=C(NC1CCCCCCC1)c1cnn2c(C(F)F)cc(-c3ccccc3)nc12. The van der Waals surface area contributed by atoms with Crippen molar-refractivity contribution in [1.82, 2.24) is 19.9 Å². The van der Waals surface area contributed by atoms with Crippen molar-refractivity contribution >= 4 is 11.6 Å². The van der Waals surface area contributed by atoms with Crippen LogP contribution in [0.3, 0.4) is 0 Å². The number of alkyl halides is 2. The first-order valence-corrected chi connectivity index (χ1v) is 10.2. The molecule has 1 fully saturated rings. The molecule has 0 aliphatic heterocycles. The van der Waals surface area contributed by atoms with Gasteiger partial charge in [-0.05, 0) is 18.9 Å². The van der Waals surface area contributed by atoms with Gasteiger partial charge >= 0.3 is 0 Å². The Bertz CT molecular complexity index is 979. The molecule has 1 aliphatic rings. The fourth-order valence-electron chi connectivity index (χ4n) is 3.92. The Morgan fingerprint density at radius 2 is 1.76 bits per heavy atom. The quantitative estimate of drug-likeness (QED) is 0.659. The lowest BCUT2D eigenvalue weighted by atomic mass is 9.96. The fourth-order valence-corrected chi connectivity index (χ4v) is 3.92. The first kappa shape index (κ1) is 19.5. The zero-order chi connectivity index (χ0) is 20.2. The zero-order valence-corrected chi connectivity index (χ0v) is 16.2. The molecule has 0 spiro atoms. The molecule has 2 aromatic heterocycles. The van der Waals surface area contributed by atoms with Crippen LogP contribution in [0.25, 0.3) is 16.9 Å². The molecule has 1 aliphatic carbocycles. The lowest BCUT2D eigenvalue weighted by Gasteiger charge is -2.20. The monoisotopic (exact) mass is 398 g/mol. The average Bonchev–Trinajstić information content (AvgIpc) is 3.13. The van der Waals surface area contributed by atoms with Gasteiger partial charge in [0.15, 0.2) is 5.65 Å². The van der Waals surface area contributed by atoms with E-state index in [4.69, 9.17) is 0 Å². The summed E-state index contributed by atoms with van der Waals surface area (Å²) in [6, 6.07) is 10.5. The Balaban J connectivity index is 1.69. The van der Waals surface area contributed by atoms with Crippen LogP contribution in [0.1, 0.15) is 67.4 Å². The molecule has 0 unspecified atom stereocenters. The van der Waals surface area contributed by atoms with Crippen molar-refractivity contribution in [3.05, 3.63) is 53.9 Å². The van der Waals surface area contributed by atoms with Gasteiger partial charge in [-0.25, -0.2) is 18.3 Å². The standard InChI is InChI=1S/C22H24F2N4O/c23-20(24)19-13-18(15-9-5-4-6-10-15)27-21-17(14-25-28(19)21)22(29)26-16-11-7-2-1-3-8-12-16/h4-6,9-10,13-14,16,20H,1-3,7-8,11-12H2,(H,26,29). The summed E-state index contributed by atoms with van der Waals surface area (Å²) < 4.78 is 28.4. The summed E-state index contributed by atoms with van der Waals surface area (Å²) >= 11 is 0. The third-order valence-corrected chi connectivity index (χ3v) is 5.48. The molecule has 0 saturated heterocycles. The molecule has 1 amide bonds. The summed E-state index contributed by atoms with van der Waals surface area (Å²) in [5.74, 6) is -0.302. The lowest BCUT2D eigenvalue weighted by Crippen LogP contribution is -2.35. The second-order valence-corrected chi connectivity index (χ2v) is 7.54.